The van der Waals surface area contributed by atoms with Gasteiger partial charge in [0.15, 0.2) is 5.78 Å². The lowest BCUT2D eigenvalue weighted by molar-refractivity contribution is -0.114. The number of rotatable bonds is 4. The number of carbonyl (C=O) groups is 1. The van der Waals surface area contributed by atoms with E-state index >= 15 is 0 Å². The van der Waals surface area contributed by atoms with Crippen molar-refractivity contribution in [1.82, 2.24) is 0 Å². The minimum absolute atomic E-state index is 0.186. The Balaban J connectivity index is 2.05. The van der Waals surface area contributed by atoms with Crippen LogP contribution in [0.25, 0.3) is 0 Å². The van der Waals surface area contributed by atoms with Crippen LogP contribution >= 0.6 is 15.9 Å². The Morgan fingerprint density at radius 3 is 2.74 bits per heavy atom. The summed E-state index contributed by atoms with van der Waals surface area (Å²) in [7, 11) is 1.64. The van der Waals surface area contributed by atoms with Crippen molar-refractivity contribution in [1.29, 1.82) is 0 Å². The summed E-state index contributed by atoms with van der Waals surface area (Å²) in [6, 6.07) is 5.73. The number of benzene rings is 1. The summed E-state index contributed by atoms with van der Waals surface area (Å²) in [5.41, 5.74) is 2.30. The molecule has 0 radical (unpaired) electrons. The summed E-state index contributed by atoms with van der Waals surface area (Å²) in [4.78, 5) is 12.1. The zero-order valence-electron chi connectivity index (χ0n) is 11.2. The molecule has 0 heterocycles. The van der Waals surface area contributed by atoms with Gasteiger partial charge in [0.25, 0.3) is 0 Å². The third-order valence-corrected chi connectivity index (χ3v) is 4.25. The van der Waals surface area contributed by atoms with Crippen LogP contribution in [0.3, 0.4) is 0 Å². The van der Waals surface area contributed by atoms with E-state index in [1.54, 1.807) is 7.11 Å². The first-order valence-corrected chi connectivity index (χ1v) is 7.53. The standard InChI is InChI=1S/C16H19BrO2/c1-19-15-7-8-16(17)13(11-15)10-14(18)9-12-5-3-2-4-6-12/h7-9,11H,2-6,10H2,1H3. The average molecular weight is 323 g/mol. The van der Waals surface area contributed by atoms with E-state index < -0.39 is 0 Å². The first kappa shape index (κ1) is 14.3. The van der Waals surface area contributed by atoms with E-state index in [2.05, 4.69) is 15.9 Å². The van der Waals surface area contributed by atoms with Gasteiger partial charge in [-0.1, -0.05) is 27.9 Å². The fourth-order valence-corrected chi connectivity index (χ4v) is 2.82. The molecule has 1 fully saturated rings. The van der Waals surface area contributed by atoms with Crippen LogP contribution in [0.2, 0.25) is 0 Å². The molecule has 0 N–H and O–H groups in total. The van der Waals surface area contributed by atoms with Crippen LogP contribution in [0.5, 0.6) is 5.75 Å². The molecule has 1 aliphatic rings. The molecule has 0 aliphatic heterocycles. The molecule has 1 saturated carbocycles. The monoisotopic (exact) mass is 322 g/mol. The maximum atomic E-state index is 12.1. The van der Waals surface area contributed by atoms with Crippen LogP contribution in [-0.4, -0.2) is 12.9 Å². The van der Waals surface area contributed by atoms with Gasteiger partial charge in [0.1, 0.15) is 5.75 Å². The molecule has 2 rings (SSSR count). The molecule has 3 heteroatoms. The molecular weight excluding hydrogens is 304 g/mol. The lowest BCUT2D eigenvalue weighted by Crippen LogP contribution is -2.03. The van der Waals surface area contributed by atoms with Crippen molar-refractivity contribution in [2.45, 2.75) is 38.5 Å². The highest BCUT2D eigenvalue weighted by Crippen LogP contribution is 2.25. The van der Waals surface area contributed by atoms with E-state index in [0.717, 1.165) is 28.6 Å². The molecule has 0 atom stereocenters. The largest absolute Gasteiger partial charge is 0.497 e. The van der Waals surface area contributed by atoms with Gasteiger partial charge in [-0.3, -0.25) is 4.79 Å². The summed E-state index contributed by atoms with van der Waals surface area (Å²) in [5.74, 6) is 0.974. The van der Waals surface area contributed by atoms with Crippen molar-refractivity contribution in [3.05, 3.63) is 39.9 Å². The fourth-order valence-electron chi connectivity index (χ4n) is 2.43. The number of allylic oxidation sites excluding steroid dienone is 2. The molecule has 0 aromatic heterocycles. The predicted octanol–water partition coefficient (Wildman–Crippen LogP) is 4.46. The zero-order chi connectivity index (χ0) is 13.7. The maximum Gasteiger partial charge on any atom is 0.160 e. The predicted molar refractivity (Wildman–Crippen MR) is 80.6 cm³/mol. The summed E-state index contributed by atoms with van der Waals surface area (Å²) >= 11 is 3.48. The number of halogens is 1. The molecule has 1 aromatic rings. The van der Waals surface area contributed by atoms with Crippen LogP contribution in [0.1, 0.15) is 37.7 Å². The lowest BCUT2D eigenvalue weighted by atomic mass is 9.93. The molecule has 2 nitrogen and oxygen atoms in total. The van der Waals surface area contributed by atoms with Gasteiger partial charge in [0.05, 0.1) is 7.11 Å². The molecule has 0 unspecified atom stereocenters. The first-order chi connectivity index (χ1) is 9.19. The number of ketones is 1. The number of hydrogen-bond donors (Lipinski definition) is 0. The minimum atomic E-state index is 0.186. The van der Waals surface area contributed by atoms with Crippen molar-refractivity contribution >= 4 is 21.7 Å². The molecule has 102 valence electrons. The number of ether oxygens (including phenoxy) is 1. The summed E-state index contributed by atoms with van der Waals surface area (Å²) in [6.07, 6.45) is 8.21. The average Bonchev–Trinajstić information content (AvgIpc) is 2.42. The van der Waals surface area contributed by atoms with E-state index in [4.69, 9.17) is 4.74 Å². The Bertz CT molecular complexity index is 484. The van der Waals surface area contributed by atoms with Crippen molar-refractivity contribution < 1.29 is 9.53 Å². The Hall–Kier alpha value is -1.09. The van der Waals surface area contributed by atoms with Gasteiger partial charge in [-0.15, -0.1) is 0 Å². The van der Waals surface area contributed by atoms with E-state index in [0.29, 0.717) is 6.42 Å². The Morgan fingerprint density at radius 1 is 1.32 bits per heavy atom. The van der Waals surface area contributed by atoms with E-state index in [1.165, 1.54) is 24.8 Å². The van der Waals surface area contributed by atoms with Crippen LogP contribution in [0.15, 0.2) is 34.3 Å². The smallest absolute Gasteiger partial charge is 0.160 e. The Kier molecular flexibility index (Phi) is 5.20. The number of methoxy groups -OCH3 is 1. The van der Waals surface area contributed by atoms with E-state index in [1.807, 2.05) is 24.3 Å². The van der Waals surface area contributed by atoms with Crippen molar-refractivity contribution in [2.24, 2.45) is 0 Å². The molecule has 0 spiro atoms. The van der Waals surface area contributed by atoms with Gasteiger partial charge in [0, 0.05) is 10.9 Å². The number of hydrogen-bond acceptors (Lipinski definition) is 2. The summed E-state index contributed by atoms with van der Waals surface area (Å²) in [6.45, 7) is 0. The van der Waals surface area contributed by atoms with Crippen LogP contribution in [0.4, 0.5) is 0 Å². The fraction of sp³-hybridized carbons (Fsp3) is 0.438. The minimum Gasteiger partial charge on any atom is -0.497 e. The van der Waals surface area contributed by atoms with Gasteiger partial charge >= 0.3 is 0 Å². The Labute approximate surface area is 123 Å². The second-order valence-electron chi connectivity index (χ2n) is 4.96. The molecule has 0 bridgehead atoms. The summed E-state index contributed by atoms with van der Waals surface area (Å²) in [5, 5.41) is 0. The molecular formula is C16H19BrO2. The zero-order valence-corrected chi connectivity index (χ0v) is 12.8. The lowest BCUT2D eigenvalue weighted by Gasteiger charge is -2.13. The van der Waals surface area contributed by atoms with Gasteiger partial charge in [-0.05, 0) is 55.5 Å². The van der Waals surface area contributed by atoms with Gasteiger partial charge in [0.2, 0.25) is 0 Å². The van der Waals surface area contributed by atoms with E-state index in [-0.39, 0.29) is 5.78 Å². The van der Waals surface area contributed by atoms with Crippen molar-refractivity contribution in [3.8, 4) is 5.75 Å². The molecule has 0 amide bonds. The second-order valence-corrected chi connectivity index (χ2v) is 5.82. The highest BCUT2D eigenvalue weighted by Gasteiger charge is 2.10. The van der Waals surface area contributed by atoms with Crippen molar-refractivity contribution in [2.75, 3.05) is 7.11 Å². The molecule has 1 aromatic carbocycles. The normalized spacial score (nSPS) is 15.2. The number of carbonyl (C=O) groups excluding carboxylic acids is 1. The highest BCUT2D eigenvalue weighted by molar-refractivity contribution is 9.10. The third-order valence-electron chi connectivity index (χ3n) is 3.48. The van der Waals surface area contributed by atoms with Crippen LogP contribution < -0.4 is 4.74 Å². The van der Waals surface area contributed by atoms with Gasteiger partial charge in [-0.25, -0.2) is 0 Å². The van der Waals surface area contributed by atoms with Crippen molar-refractivity contribution in [3.63, 3.8) is 0 Å². The van der Waals surface area contributed by atoms with Crippen LogP contribution in [-0.2, 0) is 11.2 Å². The topological polar surface area (TPSA) is 26.3 Å². The SMILES string of the molecule is COc1ccc(Br)c(CC(=O)C=C2CCCCC2)c1. The first-order valence-electron chi connectivity index (χ1n) is 6.74. The van der Waals surface area contributed by atoms with Crippen LogP contribution in [0, 0.1) is 0 Å². The second kappa shape index (κ2) is 6.90. The third kappa shape index (κ3) is 4.20. The highest BCUT2D eigenvalue weighted by atomic mass is 79.9. The molecule has 19 heavy (non-hydrogen) atoms. The summed E-state index contributed by atoms with van der Waals surface area (Å²) < 4.78 is 6.16. The van der Waals surface area contributed by atoms with E-state index in [9.17, 15) is 4.79 Å². The van der Waals surface area contributed by atoms with Gasteiger partial charge < -0.3 is 4.74 Å². The maximum absolute atomic E-state index is 12.1. The quantitative estimate of drug-likeness (QED) is 0.765. The molecule has 1 aliphatic carbocycles. The van der Waals surface area contributed by atoms with Gasteiger partial charge in [-0.2, -0.15) is 0 Å². The Morgan fingerprint density at radius 2 is 2.05 bits per heavy atom. The molecule has 0 saturated heterocycles.